The highest BCUT2D eigenvalue weighted by Crippen LogP contribution is 2.30. The van der Waals surface area contributed by atoms with Crippen molar-refractivity contribution >= 4 is 5.69 Å². The molecule has 2 aromatic carbocycles. The van der Waals surface area contributed by atoms with Crippen LogP contribution in [0.15, 0.2) is 42.5 Å². The molecule has 0 fully saturated rings. The van der Waals surface area contributed by atoms with Crippen LogP contribution in [0.2, 0.25) is 0 Å². The van der Waals surface area contributed by atoms with Gasteiger partial charge in [0.1, 0.15) is 11.9 Å². The summed E-state index contributed by atoms with van der Waals surface area (Å²) in [6.07, 6.45) is 1.30. The molecule has 102 valence electrons. The Kier molecular flexibility index (Phi) is 2.67. The molecule has 3 nitrogen and oxygen atoms in total. The molecule has 2 aliphatic heterocycles. The number of para-hydroxylation sites is 1. The summed E-state index contributed by atoms with van der Waals surface area (Å²) in [5, 5.41) is 0. The third-order valence-electron chi connectivity index (χ3n) is 4.19. The molecule has 0 saturated heterocycles. The largest absolute Gasteiger partial charge is 0.488 e. The minimum Gasteiger partial charge on any atom is -0.488 e. The molecular weight excluding hydrogens is 248 g/mol. The minimum atomic E-state index is 0.277. The van der Waals surface area contributed by atoms with E-state index in [0.29, 0.717) is 0 Å². The van der Waals surface area contributed by atoms with Crippen LogP contribution in [0.5, 0.6) is 5.75 Å². The van der Waals surface area contributed by atoms with Gasteiger partial charge in [-0.25, -0.2) is 0 Å². The fourth-order valence-electron chi connectivity index (χ4n) is 3.26. The van der Waals surface area contributed by atoms with Crippen molar-refractivity contribution < 1.29 is 4.74 Å². The summed E-state index contributed by atoms with van der Waals surface area (Å²) in [5.74, 6) is 1.05. The van der Waals surface area contributed by atoms with Crippen LogP contribution in [-0.4, -0.2) is 17.5 Å². The minimum absolute atomic E-state index is 0.277. The number of fused-ring (bicyclic) bond motifs is 2. The van der Waals surface area contributed by atoms with Crippen LogP contribution in [0.1, 0.15) is 16.7 Å². The van der Waals surface area contributed by atoms with E-state index in [9.17, 15) is 0 Å². The van der Waals surface area contributed by atoms with E-state index in [4.69, 9.17) is 10.5 Å². The van der Waals surface area contributed by atoms with Crippen molar-refractivity contribution in [2.45, 2.75) is 25.6 Å². The summed E-state index contributed by atoms with van der Waals surface area (Å²) >= 11 is 0. The number of hydrogen-bond donors (Lipinski definition) is 1. The van der Waals surface area contributed by atoms with Crippen molar-refractivity contribution in [3.63, 3.8) is 0 Å². The van der Waals surface area contributed by atoms with E-state index < -0.39 is 0 Å². The zero-order valence-electron chi connectivity index (χ0n) is 11.4. The molecule has 2 heterocycles. The molecule has 2 aromatic rings. The summed E-state index contributed by atoms with van der Waals surface area (Å²) in [6.45, 7) is 2.96. The van der Waals surface area contributed by atoms with Gasteiger partial charge >= 0.3 is 0 Å². The number of nitrogens with zero attached hydrogens (tertiary/aromatic N) is 1. The summed E-state index contributed by atoms with van der Waals surface area (Å²) in [4.78, 5) is 2.45. The van der Waals surface area contributed by atoms with Gasteiger partial charge in [-0.2, -0.15) is 0 Å². The monoisotopic (exact) mass is 266 g/mol. The van der Waals surface area contributed by atoms with Gasteiger partial charge in [-0.1, -0.05) is 24.3 Å². The van der Waals surface area contributed by atoms with Crippen molar-refractivity contribution in [2.75, 3.05) is 12.3 Å². The van der Waals surface area contributed by atoms with Crippen molar-refractivity contribution in [2.24, 2.45) is 0 Å². The zero-order valence-corrected chi connectivity index (χ0v) is 11.4. The lowest BCUT2D eigenvalue weighted by Crippen LogP contribution is -2.31. The van der Waals surface area contributed by atoms with E-state index in [1.54, 1.807) is 0 Å². The number of hydrogen-bond acceptors (Lipinski definition) is 3. The maximum atomic E-state index is 6.03. The van der Waals surface area contributed by atoms with Crippen molar-refractivity contribution in [1.29, 1.82) is 0 Å². The summed E-state index contributed by atoms with van der Waals surface area (Å²) in [6, 6.07) is 14.6. The van der Waals surface area contributed by atoms with E-state index in [1.807, 2.05) is 12.1 Å². The van der Waals surface area contributed by atoms with Gasteiger partial charge in [0, 0.05) is 31.7 Å². The van der Waals surface area contributed by atoms with Crippen LogP contribution in [0.25, 0.3) is 0 Å². The first-order valence-electron chi connectivity index (χ1n) is 7.12. The highest BCUT2D eigenvalue weighted by Gasteiger charge is 2.27. The van der Waals surface area contributed by atoms with Gasteiger partial charge in [0.05, 0.1) is 0 Å². The molecule has 0 aromatic heterocycles. The molecular formula is C17H18N2O. The average Bonchev–Trinajstić information content (AvgIpc) is 3.00. The van der Waals surface area contributed by atoms with E-state index >= 15 is 0 Å². The SMILES string of the molecule is Nc1ccc2c(c1)CN(CC1Cc3ccccc3O1)C2. The second kappa shape index (κ2) is 4.53. The van der Waals surface area contributed by atoms with E-state index in [-0.39, 0.29) is 6.10 Å². The molecule has 0 amide bonds. The highest BCUT2D eigenvalue weighted by atomic mass is 16.5. The molecule has 0 saturated carbocycles. The van der Waals surface area contributed by atoms with Crippen molar-refractivity contribution in [1.82, 2.24) is 4.90 Å². The number of rotatable bonds is 2. The van der Waals surface area contributed by atoms with Crippen LogP contribution in [0.4, 0.5) is 5.69 Å². The predicted molar refractivity (Wildman–Crippen MR) is 79.5 cm³/mol. The Balaban J connectivity index is 1.43. The number of ether oxygens (including phenoxy) is 1. The first kappa shape index (κ1) is 11.8. The van der Waals surface area contributed by atoms with Crippen LogP contribution in [0.3, 0.4) is 0 Å². The van der Waals surface area contributed by atoms with E-state index in [0.717, 1.165) is 37.5 Å². The third kappa shape index (κ3) is 2.04. The maximum Gasteiger partial charge on any atom is 0.123 e. The van der Waals surface area contributed by atoms with E-state index in [1.165, 1.54) is 16.7 Å². The van der Waals surface area contributed by atoms with Gasteiger partial charge in [-0.05, 0) is 34.9 Å². The van der Waals surface area contributed by atoms with Crippen LogP contribution < -0.4 is 10.5 Å². The molecule has 1 unspecified atom stereocenters. The third-order valence-corrected chi connectivity index (χ3v) is 4.19. The lowest BCUT2D eigenvalue weighted by atomic mass is 10.1. The average molecular weight is 266 g/mol. The van der Waals surface area contributed by atoms with Gasteiger partial charge in [0.2, 0.25) is 0 Å². The zero-order chi connectivity index (χ0) is 13.5. The fourth-order valence-corrected chi connectivity index (χ4v) is 3.26. The van der Waals surface area contributed by atoms with Crippen LogP contribution >= 0.6 is 0 Å². The Morgan fingerprint density at radius 2 is 1.90 bits per heavy atom. The number of benzene rings is 2. The molecule has 4 rings (SSSR count). The van der Waals surface area contributed by atoms with Crippen molar-refractivity contribution in [3.8, 4) is 5.75 Å². The Bertz CT molecular complexity index is 628. The normalized spacial score (nSPS) is 20.5. The van der Waals surface area contributed by atoms with Crippen LogP contribution in [0, 0.1) is 0 Å². The summed E-state index contributed by atoms with van der Waals surface area (Å²) in [7, 11) is 0. The van der Waals surface area contributed by atoms with Gasteiger partial charge < -0.3 is 10.5 Å². The molecule has 0 bridgehead atoms. The smallest absolute Gasteiger partial charge is 0.123 e. The summed E-state index contributed by atoms with van der Waals surface area (Å²) in [5.41, 5.74) is 10.8. The molecule has 2 aliphatic rings. The highest BCUT2D eigenvalue weighted by molar-refractivity contribution is 5.46. The second-order valence-corrected chi connectivity index (χ2v) is 5.75. The summed E-state index contributed by atoms with van der Waals surface area (Å²) < 4.78 is 6.03. The Hall–Kier alpha value is -2.00. The lowest BCUT2D eigenvalue weighted by molar-refractivity contribution is 0.150. The molecule has 3 heteroatoms. The van der Waals surface area contributed by atoms with Crippen molar-refractivity contribution in [3.05, 3.63) is 59.2 Å². The van der Waals surface area contributed by atoms with Gasteiger partial charge in [0.15, 0.2) is 0 Å². The fraction of sp³-hybridized carbons (Fsp3) is 0.294. The molecule has 2 N–H and O–H groups in total. The van der Waals surface area contributed by atoms with Gasteiger partial charge in [-0.3, -0.25) is 4.90 Å². The molecule has 0 aliphatic carbocycles. The van der Waals surface area contributed by atoms with Gasteiger partial charge in [0.25, 0.3) is 0 Å². The Morgan fingerprint density at radius 3 is 2.80 bits per heavy atom. The topological polar surface area (TPSA) is 38.5 Å². The number of nitrogen functional groups attached to an aromatic ring is 1. The van der Waals surface area contributed by atoms with Crippen LogP contribution in [-0.2, 0) is 19.5 Å². The number of anilines is 1. The maximum absolute atomic E-state index is 6.03. The molecule has 20 heavy (non-hydrogen) atoms. The van der Waals surface area contributed by atoms with E-state index in [2.05, 4.69) is 35.2 Å². The first-order valence-corrected chi connectivity index (χ1v) is 7.12. The Morgan fingerprint density at radius 1 is 1.05 bits per heavy atom. The molecule has 1 atom stereocenters. The second-order valence-electron chi connectivity index (χ2n) is 5.75. The standard InChI is InChI=1S/C17H18N2O/c18-15-6-5-13-9-19(10-14(13)7-15)11-16-8-12-3-1-2-4-17(12)20-16/h1-7,16H,8-11,18H2. The number of nitrogens with two attached hydrogens (primary N) is 1. The predicted octanol–water partition coefficient (Wildman–Crippen LogP) is 2.59. The quantitative estimate of drug-likeness (QED) is 0.849. The molecule has 0 spiro atoms. The molecule has 0 radical (unpaired) electrons. The Labute approximate surface area is 119 Å². The first-order chi connectivity index (χ1) is 9.78. The lowest BCUT2D eigenvalue weighted by Gasteiger charge is -2.19. The van der Waals surface area contributed by atoms with Gasteiger partial charge in [-0.15, -0.1) is 0 Å².